The van der Waals surface area contributed by atoms with Crippen LogP contribution in [0, 0.1) is 0 Å². The van der Waals surface area contributed by atoms with Gasteiger partial charge in [-0.05, 0) is 60.4 Å². The molecule has 0 amide bonds. The molecule has 0 aliphatic heterocycles. The number of rotatable bonds is 5. The van der Waals surface area contributed by atoms with Gasteiger partial charge in [0.05, 0.1) is 27.3 Å². The molecule has 4 nitrogen and oxygen atoms in total. The van der Waals surface area contributed by atoms with Gasteiger partial charge in [-0.1, -0.05) is 127 Å². The van der Waals surface area contributed by atoms with Crippen molar-refractivity contribution in [2.45, 2.75) is 12.8 Å². The SMILES string of the molecule is C1=C(c2cc(-c3cccc(-c4cccc(-c5nc6ccccc6c6c5sc5ccccc56)c4)c3)nc(-c3ccccc3)n2)c2oc3ccccc3c2CC1. The molecule has 0 unspecified atom stereocenters. The average Bonchev–Trinajstić information content (AvgIpc) is 3.83. The van der Waals surface area contributed by atoms with Gasteiger partial charge in [0.2, 0.25) is 0 Å². The van der Waals surface area contributed by atoms with Crippen molar-refractivity contribution in [3.63, 3.8) is 0 Å². The van der Waals surface area contributed by atoms with Gasteiger partial charge in [0.25, 0.3) is 0 Å². The minimum atomic E-state index is 0.689. The van der Waals surface area contributed by atoms with Gasteiger partial charge < -0.3 is 4.42 Å². The van der Waals surface area contributed by atoms with E-state index in [4.69, 9.17) is 19.4 Å². The van der Waals surface area contributed by atoms with Crippen LogP contribution in [0.1, 0.15) is 23.4 Å². The second kappa shape index (κ2) is 12.5. The summed E-state index contributed by atoms with van der Waals surface area (Å²) in [5.74, 6) is 1.60. The molecule has 10 aromatic rings. The Kier molecular flexibility index (Phi) is 7.13. The van der Waals surface area contributed by atoms with Crippen LogP contribution >= 0.6 is 11.3 Å². The second-order valence-corrected chi connectivity index (χ2v) is 14.9. The summed E-state index contributed by atoms with van der Waals surface area (Å²) in [6.45, 7) is 0. The van der Waals surface area contributed by atoms with Crippen LogP contribution in [0.3, 0.4) is 0 Å². The molecule has 5 heteroatoms. The lowest BCUT2D eigenvalue weighted by atomic mass is 9.92. The van der Waals surface area contributed by atoms with Gasteiger partial charge in [0, 0.05) is 54.1 Å². The highest BCUT2D eigenvalue weighted by Gasteiger charge is 2.24. The van der Waals surface area contributed by atoms with Crippen LogP contribution in [0.2, 0.25) is 0 Å². The molecular weight excluding hydrogens is 679 g/mol. The van der Waals surface area contributed by atoms with Gasteiger partial charge in [-0.15, -0.1) is 11.3 Å². The Morgan fingerprint density at radius 1 is 0.519 bits per heavy atom. The highest BCUT2D eigenvalue weighted by molar-refractivity contribution is 7.26. The quantitative estimate of drug-likeness (QED) is 0.178. The minimum absolute atomic E-state index is 0.689. The van der Waals surface area contributed by atoms with Gasteiger partial charge in [0.1, 0.15) is 11.3 Å². The third-order valence-electron chi connectivity index (χ3n) is 10.6. The van der Waals surface area contributed by atoms with E-state index in [1.165, 1.54) is 36.5 Å². The Morgan fingerprint density at radius 3 is 2.06 bits per heavy atom. The summed E-state index contributed by atoms with van der Waals surface area (Å²) in [7, 11) is 0. The van der Waals surface area contributed by atoms with E-state index in [0.29, 0.717) is 5.82 Å². The molecule has 0 saturated heterocycles. The largest absolute Gasteiger partial charge is 0.456 e. The number of benzene rings is 6. The van der Waals surface area contributed by atoms with E-state index in [0.717, 1.165) is 80.2 Å². The summed E-state index contributed by atoms with van der Waals surface area (Å²) < 4.78 is 9.00. The van der Waals surface area contributed by atoms with Gasteiger partial charge >= 0.3 is 0 Å². The topological polar surface area (TPSA) is 51.8 Å². The Labute approximate surface area is 315 Å². The number of thiophene rings is 1. The lowest BCUT2D eigenvalue weighted by Crippen LogP contribution is -2.03. The predicted octanol–water partition coefficient (Wildman–Crippen LogP) is 13.2. The fraction of sp³-hybridized carbons (Fsp3) is 0.0408. The monoisotopic (exact) mass is 709 g/mol. The van der Waals surface area contributed by atoms with Gasteiger partial charge in [-0.2, -0.15) is 0 Å². The second-order valence-electron chi connectivity index (χ2n) is 13.8. The lowest BCUT2D eigenvalue weighted by molar-refractivity contribution is 0.590. The number of nitrogens with zero attached hydrogens (tertiary/aromatic N) is 3. The van der Waals surface area contributed by atoms with Gasteiger partial charge in [0.15, 0.2) is 5.82 Å². The zero-order valence-electron chi connectivity index (χ0n) is 29.2. The summed E-state index contributed by atoms with van der Waals surface area (Å²) in [5.41, 5.74) is 12.3. The highest BCUT2D eigenvalue weighted by atomic mass is 32.1. The first kappa shape index (κ1) is 30.9. The first-order valence-corrected chi connectivity index (χ1v) is 19.1. The first-order chi connectivity index (χ1) is 26.7. The van der Waals surface area contributed by atoms with Crippen molar-refractivity contribution >= 4 is 59.0 Å². The maximum absolute atomic E-state index is 6.51. The van der Waals surface area contributed by atoms with E-state index in [2.05, 4.69) is 133 Å². The molecule has 254 valence electrons. The number of aromatic nitrogens is 3. The molecule has 0 radical (unpaired) electrons. The molecule has 0 fully saturated rings. The number of hydrogen-bond acceptors (Lipinski definition) is 5. The third kappa shape index (κ3) is 5.08. The molecule has 4 aromatic heterocycles. The van der Waals surface area contributed by atoms with Gasteiger partial charge in [-0.25, -0.2) is 15.0 Å². The van der Waals surface area contributed by atoms with Crippen molar-refractivity contribution in [3.8, 4) is 45.0 Å². The molecule has 0 spiro atoms. The maximum atomic E-state index is 6.51. The van der Waals surface area contributed by atoms with Crippen LogP contribution in [0.25, 0.3) is 92.6 Å². The van der Waals surface area contributed by atoms with Crippen LogP contribution in [0.5, 0.6) is 0 Å². The van der Waals surface area contributed by atoms with E-state index >= 15 is 0 Å². The zero-order valence-corrected chi connectivity index (χ0v) is 30.0. The number of furan rings is 1. The summed E-state index contributed by atoms with van der Waals surface area (Å²) in [6, 6.07) is 55.3. The molecule has 1 aliphatic carbocycles. The van der Waals surface area contributed by atoms with Crippen LogP contribution in [0.15, 0.2) is 168 Å². The predicted molar refractivity (Wildman–Crippen MR) is 224 cm³/mol. The average molecular weight is 710 g/mol. The van der Waals surface area contributed by atoms with Crippen molar-refractivity contribution in [1.29, 1.82) is 0 Å². The summed E-state index contributed by atoms with van der Waals surface area (Å²) in [6.07, 6.45) is 4.14. The van der Waals surface area contributed by atoms with Crippen LogP contribution in [-0.2, 0) is 6.42 Å². The van der Waals surface area contributed by atoms with Crippen molar-refractivity contribution in [1.82, 2.24) is 15.0 Å². The number of pyridine rings is 1. The highest BCUT2D eigenvalue weighted by Crippen LogP contribution is 2.44. The first-order valence-electron chi connectivity index (χ1n) is 18.3. The Morgan fingerprint density at radius 2 is 1.19 bits per heavy atom. The van der Waals surface area contributed by atoms with E-state index < -0.39 is 0 Å². The number of fused-ring (bicyclic) bond motifs is 8. The van der Waals surface area contributed by atoms with Crippen LogP contribution < -0.4 is 0 Å². The fourth-order valence-electron chi connectivity index (χ4n) is 8.02. The van der Waals surface area contributed by atoms with Crippen molar-refractivity contribution in [2.24, 2.45) is 0 Å². The number of hydrogen-bond donors (Lipinski definition) is 0. The number of allylic oxidation sites excluding steroid dienone is 1. The maximum Gasteiger partial charge on any atom is 0.160 e. The van der Waals surface area contributed by atoms with E-state index in [-0.39, 0.29) is 0 Å². The summed E-state index contributed by atoms with van der Waals surface area (Å²) in [5, 5.41) is 4.93. The standard InChI is InChI=1S/C49H31N3OS/c1-2-13-30(14-3-1)49-51-41(29-42(52-49)38-23-12-22-36-35-19-5-8-25-43(35)53-47(36)38)33-17-10-15-31(27-33)32-16-11-18-34(28-32)46-48-45(37-20-4-7-24-40(37)50-46)39-21-6-9-26-44(39)54-48/h1-11,13-21,23-29H,12,22H2. The fourth-order valence-corrected chi connectivity index (χ4v) is 9.25. The van der Waals surface area contributed by atoms with E-state index in [1.807, 2.05) is 41.7 Å². The molecule has 0 N–H and O–H groups in total. The molecule has 6 aromatic carbocycles. The number of para-hydroxylation sites is 2. The molecule has 0 bridgehead atoms. The Bertz CT molecular complexity index is 3120. The Hall–Kier alpha value is -6.69. The molecular formula is C49H31N3OS. The van der Waals surface area contributed by atoms with Gasteiger partial charge in [-0.3, -0.25) is 0 Å². The van der Waals surface area contributed by atoms with Crippen LogP contribution in [-0.4, -0.2) is 15.0 Å². The minimum Gasteiger partial charge on any atom is -0.456 e. The normalized spacial score (nSPS) is 12.8. The Balaban J connectivity index is 1.04. The van der Waals surface area contributed by atoms with Crippen LogP contribution in [0.4, 0.5) is 0 Å². The molecule has 1 aliphatic rings. The third-order valence-corrected chi connectivity index (χ3v) is 11.7. The molecule has 0 atom stereocenters. The molecule has 4 heterocycles. The molecule has 0 saturated carbocycles. The molecule has 11 rings (SSSR count). The summed E-state index contributed by atoms with van der Waals surface area (Å²) >= 11 is 1.82. The van der Waals surface area contributed by atoms with Crippen molar-refractivity contribution < 1.29 is 4.42 Å². The van der Waals surface area contributed by atoms with E-state index in [9.17, 15) is 0 Å². The van der Waals surface area contributed by atoms with Crippen molar-refractivity contribution in [2.75, 3.05) is 0 Å². The van der Waals surface area contributed by atoms with Crippen molar-refractivity contribution in [3.05, 3.63) is 181 Å². The number of aryl methyl sites for hydroxylation is 1. The zero-order chi connectivity index (χ0) is 35.6. The lowest BCUT2D eigenvalue weighted by Gasteiger charge is -2.15. The molecule has 54 heavy (non-hydrogen) atoms. The van der Waals surface area contributed by atoms with E-state index in [1.54, 1.807) is 0 Å². The summed E-state index contributed by atoms with van der Waals surface area (Å²) in [4.78, 5) is 15.6. The smallest absolute Gasteiger partial charge is 0.160 e.